The Bertz CT molecular complexity index is 381. The average Bonchev–Trinajstić information content (AvgIpc) is 2.85. The molecule has 1 aliphatic rings. The summed E-state index contributed by atoms with van der Waals surface area (Å²) in [4.78, 5) is 0. The Kier molecular flexibility index (Phi) is 4.84. The van der Waals surface area contributed by atoms with Crippen LogP contribution in [0.3, 0.4) is 0 Å². The lowest BCUT2D eigenvalue weighted by atomic mass is 10.0. The standard InChI is InChI=1S/C14H21NO3/c1-2-11(5-6-16)8-15-9-12-3-4-13-14(7-12)18-10-17-13/h3-4,7,11,15-16H,2,5-6,8-10H2,1H3. The number of fused-ring (bicyclic) bond motifs is 1. The fourth-order valence-electron chi connectivity index (χ4n) is 2.10. The number of hydrogen-bond donors (Lipinski definition) is 2. The van der Waals surface area contributed by atoms with Gasteiger partial charge in [0.15, 0.2) is 11.5 Å². The fraction of sp³-hybridized carbons (Fsp3) is 0.571. The Morgan fingerprint density at radius 1 is 1.33 bits per heavy atom. The third-order valence-electron chi connectivity index (χ3n) is 3.31. The summed E-state index contributed by atoms with van der Waals surface area (Å²) in [6, 6.07) is 6.01. The molecule has 4 nitrogen and oxygen atoms in total. The van der Waals surface area contributed by atoms with Crippen LogP contribution >= 0.6 is 0 Å². The maximum atomic E-state index is 8.93. The second-order valence-corrected chi connectivity index (χ2v) is 4.61. The molecular weight excluding hydrogens is 230 g/mol. The Morgan fingerprint density at radius 3 is 2.94 bits per heavy atom. The maximum absolute atomic E-state index is 8.93. The van der Waals surface area contributed by atoms with Crippen LogP contribution in [0.1, 0.15) is 25.3 Å². The zero-order valence-corrected chi connectivity index (χ0v) is 10.8. The van der Waals surface area contributed by atoms with Crippen molar-refractivity contribution in [2.45, 2.75) is 26.3 Å². The molecule has 0 spiro atoms. The van der Waals surface area contributed by atoms with Gasteiger partial charge < -0.3 is 19.9 Å². The van der Waals surface area contributed by atoms with E-state index in [1.807, 2.05) is 18.2 Å². The van der Waals surface area contributed by atoms with E-state index in [0.717, 1.165) is 37.4 Å². The highest BCUT2D eigenvalue weighted by Gasteiger charge is 2.13. The number of rotatable bonds is 7. The van der Waals surface area contributed by atoms with Crippen molar-refractivity contribution in [3.05, 3.63) is 23.8 Å². The minimum Gasteiger partial charge on any atom is -0.454 e. The van der Waals surface area contributed by atoms with Gasteiger partial charge in [-0.05, 0) is 36.6 Å². The lowest BCUT2D eigenvalue weighted by Crippen LogP contribution is -2.22. The summed E-state index contributed by atoms with van der Waals surface area (Å²) in [7, 11) is 0. The van der Waals surface area contributed by atoms with Gasteiger partial charge in [0.2, 0.25) is 6.79 Å². The Balaban J connectivity index is 1.79. The third kappa shape index (κ3) is 3.37. The molecule has 0 bridgehead atoms. The molecule has 0 saturated heterocycles. The van der Waals surface area contributed by atoms with E-state index in [4.69, 9.17) is 14.6 Å². The van der Waals surface area contributed by atoms with Crippen LogP contribution in [0.4, 0.5) is 0 Å². The van der Waals surface area contributed by atoms with E-state index < -0.39 is 0 Å². The second kappa shape index (κ2) is 6.61. The van der Waals surface area contributed by atoms with Crippen LogP contribution in [0.2, 0.25) is 0 Å². The number of nitrogens with one attached hydrogen (secondary N) is 1. The quantitative estimate of drug-likeness (QED) is 0.777. The van der Waals surface area contributed by atoms with Crippen LogP contribution in [-0.2, 0) is 6.54 Å². The Labute approximate surface area is 108 Å². The smallest absolute Gasteiger partial charge is 0.231 e. The minimum absolute atomic E-state index is 0.268. The van der Waals surface area contributed by atoms with Crippen molar-refractivity contribution in [1.82, 2.24) is 5.32 Å². The monoisotopic (exact) mass is 251 g/mol. The van der Waals surface area contributed by atoms with Gasteiger partial charge in [0, 0.05) is 13.2 Å². The molecule has 1 aromatic rings. The van der Waals surface area contributed by atoms with E-state index in [-0.39, 0.29) is 6.61 Å². The Morgan fingerprint density at radius 2 is 2.17 bits per heavy atom. The molecule has 0 radical (unpaired) electrons. The molecule has 1 heterocycles. The largest absolute Gasteiger partial charge is 0.454 e. The molecule has 4 heteroatoms. The SMILES string of the molecule is CCC(CCO)CNCc1ccc2c(c1)OCO2. The van der Waals surface area contributed by atoms with Crippen molar-refractivity contribution in [2.24, 2.45) is 5.92 Å². The Hall–Kier alpha value is -1.26. The first-order chi connectivity index (χ1) is 8.83. The van der Waals surface area contributed by atoms with Crippen molar-refractivity contribution in [3.8, 4) is 11.5 Å². The molecule has 0 aromatic heterocycles. The summed E-state index contributed by atoms with van der Waals surface area (Å²) in [5.41, 5.74) is 1.19. The van der Waals surface area contributed by atoms with Crippen LogP contribution < -0.4 is 14.8 Å². The molecule has 2 N–H and O–H groups in total. The van der Waals surface area contributed by atoms with Crippen molar-refractivity contribution >= 4 is 0 Å². The summed E-state index contributed by atoms with van der Waals surface area (Å²) >= 11 is 0. The van der Waals surface area contributed by atoms with Crippen molar-refractivity contribution in [3.63, 3.8) is 0 Å². The second-order valence-electron chi connectivity index (χ2n) is 4.61. The molecular formula is C14H21NO3. The number of ether oxygens (including phenoxy) is 2. The highest BCUT2D eigenvalue weighted by Crippen LogP contribution is 2.32. The molecule has 0 saturated carbocycles. The number of aliphatic hydroxyl groups excluding tert-OH is 1. The molecule has 2 rings (SSSR count). The maximum Gasteiger partial charge on any atom is 0.231 e. The first-order valence-electron chi connectivity index (χ1n) is 6.53. The minimum atomic E-state index is 0.268. The van der Waals surface area contributed by atoms with Gasteiger partial charge in [-0.1, -0.05) is 19.4 Å². The number of benzene rings is 1. The fourth-order valence-corrected chi connectivity index (χ4v) is 2.10. The van der Waals surface area contributed by atoms with E-state index in [1.54, 1.807) is 0 Å². The van der Waals surface area contributed by atoms with Gasteiger partial charge in [0.25, 0.3) is 0 Å². The van der Waals surface area contributed by atoms with Crippen molar-refractivity contribution in [2.75, 3.05) is 19.9 Å². The molecule has 100 valence electrons. The van der Waals surface area contributed by atoms with Gasteiger partial charge in [-0.15, -0.1) is 0 Å². The third-order valence-corrected chi connectivity index (χ3v) is 3.31. The van der Waals surface area contributed by atoms with E-state index in [1.165, 1.54) is 5.56 Å². The lowest BCUT2D eigenvalue weighted by molar-refractivity contribution is 0.174. The first kappa shape index (κ1) is 13.2. The van der Waals surface area contributed by atoms with Gasteiger partial charge in [-0.25, -0.2) is 0 Å². The molecule has 0 amide bonds. The van der Waals surface area contributed by atoms with Gasteiger partial charge in [-0.2, -0.15) is 0 Å². The first-order valence-corrected chi connectivity index (χ1v) is 6.53. The highest BCUT2D eigenvalue weighted by molar-refractivity contribution is 5.44. The van der Waals surface area contributed by atoms with Crippen LogP contribution in [0.5, 0.6) is 11.5 Å². The van der Waals surface area contributed by atoms with E-state index in [9.17, 15) is 0 Å². The van der Waals surface area contributed by atoms with Gasteiger partial charge in [0.05, 0.1) is 0 Å². The van der Waals surface area contributed by atoms with Crippen LogP contribution in [0.25, 0.3) is 0 Å². The summed E-state index contributed by atoms with van der Waals surface area (Å²) in [5, 5.41) is 12.4. The van der Waals surface area contributed by atoms with Crippen molar-refractivity contribution in [1.29, 1.82) is 0 Å². The van der Waals surface area contributed by atoms with Gasteiger partial charge in [-0.3, -0.25) is 0 Å². The van der Waals surface area contributed by atoms with E-state index >= 15 is 0 Å². The molecule has 1 atom stereocenters. The summed E-state index contributed by atoms with van der Waals surface area (Å²) in [6.07, 6.45) is 1.96. The predicted molar refractivity (Wildman–Crippen MR) is 69.8 cm³/mol. The van der Waals surface area contributed by atoms with Crippen LogP contribution in [0.15, 0.2) is 18.2 Å². The summed E-state index contributed by atoms with van der Waals surface area (Å²) in [6.45, 7) is 4.50. The molecule has 0 aliphatic carbocycles. The topological polar surface area (TPSA) is 50.7 Å². The molecule has 1 aliphatic heterocycles. The van der Waals surface area contributed by atoms with Crippen molar-refractivity contribution < 1.29 is 14.6 Å². The predicted octanol–water partition coefficient (Wildman–Crippen LogP) is 1.91. The molecule has 1 aromatic carbocycles. The van der Waals surface area contributed by atoms with E-state index in [0.29, 0.717) is 12.7 Å². The molecule has 18 heavy (non-hydrogen) atoms. The van der Waals surface area contributed by atoms with Crippen LogP contribution in [0, 0.1) is 5.92 Å². The summed E-state index contributed by atoms with van der Waals surface area (Å²) in [5.74, 6) is 2.20. The summed E-state index contributed by atoms with van der Waals surface area (Å²) < 4.78 is 10.6. The average molecular weight is 251 g/mol. The number of aliphatic hydroxyl groups is 1. The molecule has 1 unspecified atom stereocenters. The van der Waals surface area contributed by atoms with E-state index in [2.05, 4.69) is 12.2 Å². The number of hydrogen-bond acceptors (Lipinski definition) is 4. The highest BCUT2D eigenvalue weighted by atomic mass is 16.7. The normalized spacial score (nSPS) is 14.8. The zero-order valence-electron chi connectivity index (χ0n) is 10.8. The lowest BCUT2D eigenvalue weighted by Gasteiger charge is -2.14. The van der Waals surface area contributed by atoms with Gasteiger partial charge >= 0.3 is 0 Å². The van der Waals surface area contributed by atoms with Crippen LogP contribution in [-0.4, -0.2) is 25.1 Å². The van der Waals surface area contributed by atoms with Gasteiger partial charge in [0.1, 0.15) is 0 Å². The zero-order chi connectivity index (χ0) is 12.8. The molecule has 0 fully saturated rings.